The normalized spacial score (nSPS) is 11.8. The minimum Gasteiger partial charge on any atom is -0.370 e. The van der Waals surface area contributed by atoms with Gasteiger partial charge in [-0.2, -0.15) is 11.8 Å². The molecule has 0 aliphatic carbocycles. The summed E-state index contributed by atoms with van der Waals surface area (Å²) < 4.78 is 0. The summed E-state index contributed by atoms with van der Waals surface area (Å²) in [4.78, 5) is 6.49. The lowest BCUT2D eigenvalue weighted by molar-refractivity contribution is 0.457. The Morgan fingerprint density at radius 1 is 1.12 bits per heavy atom. The number of guanidine groups is 1. The maximum Gasteiger partial charge on any atom is 0.191 e. The van der Waals surface area contributed by atoms with Gasteiger partial charge in [0.1, 0.15) is 0 Å². The molecule has 0 radical (unpaired) electrons. The average molecular weight is 245 g/mol. The molecule has 0 unspecified atom stereocenters. The number of unbranched alkanes of at least 4 members (excludes halogenated alkanes) is 3. The highest BCUT2D eigenvalue weighted by Gasteiger charge is 2.00. The van der Waals surface area contributed by atoms with E-state index in [4.69, 9.17) is 5.73 Å². The Balaban J connectivity index is 3.51. The zero-order valence-corrected chi connectivity index (χ0v) is 11.9. The fraction of sp³-hybridized carbons (Fsp3) is 0.917. The molecule has 0 bridgehead atoms. The molecule has 0 aromatic heterocycles. The zero-order valence-electron chi connectivity index (χ0n) is 11.0. The second-order valence-corrected chi connectivity index (χ2v) is 4.80. The van der Waals surface area contributed by atoms with Gasteiger partial charge in [0.2, 0.25) is 0 Å². The van der Waals surface area contributed by atoms with Crippen molar-refractivity contribution in [1.82, 2.24) is 4.90 Å². The molecule has 0 fully saturated rings. The van der Waals surface area contributed by atoms with Crippen LogP contribution in [-0.2, 0) is 0 Å². The molecule has 0 aromatic rings. The number of hydrogen-bond acceptors (Lipinski definition) is 2. The van der Waals surface area contributed by atoms with Crippen molar-refractivity contribution in [3.05, 3.63) is 0 Å². The Kier molecular flexibility index (Phi) is 10.9. The highest BCUT2D eigenvalue weighted by Crippen LogP contribution is 2.04. The molecular formula is C12H27N3S. The molecule has 0 aromatic carbocycles. The van der Waals surface area contributed by atoms with Gasteiger partial charge in [-0.05, 0) is 38.7 Å². The van der Waals surface area contributed by atoms with Crippen LogP contribution in [0.3, 0.4) is 0 Å². The monoisotopic (exact) mass is 245 g/mol. The van der Waals surface area contributed by atoms with Gasteiger partial charge in [0, 0.05) is 19.6 Å². The third-order valence-electron chi connectivity index (χ3n) is 2.62. The highest BCUT2D eigenvalue weighted by molar-refractivity contribution is 7.98. The molecule has 0 heterocycles. The van der Waals surface area contributed by atoms with Crippen LogP contribution in [0, 0.1) is 0 Å². The van der Waals surface area contributed by atoms with Crippen molar-refractivity contribution in [3.8, 4) is 0 Å². The summed E-state index contributed by atoms with van der Waals surface area (Å²) in [6.07, 6.45) is 7.25. The van der Waals surface area contributed by atoms with E-state index >= 15 is 0 Å². The molecule has 16 heavy (non-hydrogen) atoms. The van der Waals surface area contributed by atoms with Crippen LogP contribution in [0.25, 0.3) is 0 Å². The minimum absolute atomic E-state index is 0.703. The lowest BCUT2D eigenvalue weighted by atomic mass is 10.2. The lowest BCUT2D eigenvalue weighted by Crippen LogP contribution is -2.37. The van der Waals surface area contributed by atoms with Gasteiger partial charge in [-0.1, -0.05) is 12.8 Å². The molecule has 0 aliphatic heterocycles. The van der Waals surface area contributed by atoms with Crippen molar-refractivity contribution in [2.24, 2.45) is 10.7 Å². The van der Waals surface area contributed by atoms with Crippen LogP contribution >= 0.6 is 11.8 Å². The lowest BCUT2D eigenvalue weighted by Gasteiger charge is -2.19. The molecule has 0 amide bonds. The van der Waals surface area contributed by atoms with Crippen LogP contribution in [0.5, 0.6) is 0 Å². The van der Waals surface area contributed by atoms with E-state index in [2.05, 4.69) is 30.0 Å². The third-order valence-corrected chi connectivity index (χ3v) is 3.31. The van der Waals surface area contributed by atoms with Gasteiger partial charge in [0.05, 0.1) is 0 Å². The number of rotatable bonds is 9. The second-order valence-electron chi connectivity index (χ2n) is 3.82. The maximum absolute atomic E-state index is 5.87. The average Bonchev–Trinajstić information content (AvgIpc) is 2.29. The largest absolute Gasteiger partial charge is 0.370 e. The summed E-state index contributed by atoms with van der Waals surface area (Å²) in [6.45, 7) is 6.98. The summed E-state index contributed by atoms with van der Waals surface area (Å²) in [5, 5.41) is 0. The molecule has 0 saturated carbocycles. The van der Waals surface area contributed by atoms with E-state index in [-0.39, 0.29) is 0 Å². The first-order valence-electron chi connectivity index (χ1n) is 6.30. The smallest absolute Gasteiger partial charge is 0.191 e. The number of aliphatic imine (C=N–C) groups is 1. The molecule has 0 saturated heterocycles. The predicted molar refractivity (Wildman–Crippen MR) is 76.3 cm³/mol. The minimum atomic E-state index is 0.703. The zero-order chi connectivity index (χ0) is 12.2. The van der Waals surface area contributed by atoms with Crippen LogP contribution in [0.15, 0.2) is 4.99 Å². The maximum atomic E-state index is 5.87. The molecule has 0 rings (SSSR count). The van der Waals surface area contributed by atoms with Crippen molar-refractivity contribution in [1.29, 1.82) is 0 Å². The molecule has 0 spiro atoms. The first-order valence-corrected chi connectivity index (χ1v) is 7.69. The topological polar surface area (TPSA) is 41.6 Å². The van der Waals surface area contributed by atoms with E-state index in [0.29, 0.717) is 5.96 Å². The van der Waals surface area contributed by atoms with Crippen molar-refractivity contribution < 1.29 is 0 Å². The van der Waals surface area contributed by atoms with Gasteiger partial charge < -0.3 is 10.6 Å². The van der Waals surface area contributed by atoms with Crippen LogP contribution in [0.4, 0.5) is 0 Å². The molecule has 0 aliphatic rings. The Hall–Kier alpha value is -0.380. The van der Waals surface area contributed by atoms with Crippen LogP contribution in [0.2, 0.25) is 0 Å². The fourth-order valence-electron chi connectivity index (χ4n) is 1.55. The Morgan fingerprint density at radius 3 is 2.31 bits per heavy atom. The van der Waals surface area contributed by atoms with Gasteiger partial charge >= 0.3 is 0 Å². The summed E-state index contributed by atoms with van der Waals surface area (Å²) in [7, 11) is 0. The predicted octanol–water partition coefficient (Wildman–Crippen LogP) is 2.57. The quantitative estimate of drug-likeness (QED) is 0.386. The van der Waals surface area contributed by atoms with Crippen molar-refractivity contribution in [2.75, 3.05) is 31.6 Å². The van der Waals surface area contributed by atoms with Crippen molar-refractivity contribution in [2.45, 2.75) is 39.5 Å². The van der Waals surface area contributed by atoms with Gasteiger partial charge in [-0.3, -0.25) is 4.99 Å². The summed E-state index contributed by atoms with van der Waals surface area (Å²) in [5.74, 6) is 1.99. The first kappa shape index (κ1) is 15.6. The molecule has 4 heteroatoms. The van der Waals surface area contributed by atoms with Gasteiger partial charge in [0.15, 0.2) is 5.96 Å². The number of nitrogens with two attached hydrogens (primary N) is 1. The van der Waals surface area contributed by atoms with Crippen LogP contribution in [0.1, 0.15) is 39.5 Å². The van der Waals surface area contributed by atoms with E-state index in [9.17, 15) is 0 Å². The van der Waals surface area contributed by atoms with E-state index < -0.39 is 0 Å². The summed E-state index contributed by atoms with van der Waals surface area (Å²) in [6, 6.07) is 0. The number of hydrogen-bond donors (Lipinski definition) is 1. The Morgan fingerprint density at radius 2 is 1.75 bits per heavy atom. The highest BCUT2D eigenvalue weighted by atomic mass is 32.2. The van der Waals surface area contributed by atoms with Gasteiger partial charge in [-0.25, -0.2) is 0 Å². The third kappa shape index (κ3) is 7.85. The SMILES string of the molecule is CCN(CC)C(N)=NCCCCCCSC. The number of nitrogens with zero attached hydrogens (tertiary/aromatic N) is 2. The molecule has 96 valence electrons. The molecule has 3 nitrogen and oxygen atoms in total. The van der Waals surface area contributed by atoms with E-state index in [0.717, 1.165) is 26.1 Å². The van der Waals surface area contributed by atoms with Gasteiger partial charge in [0.25, 0.3) is 0 Å². The Bertz CT molecular complexity index is 179. The summed E-state index contributed by atoms with van der Waals surface area (Å²) >= 11 is 1.93. The number of thioether (sulfide) groups is 1. The van der Waals surface area contributed by atoms with E-state index in [1.807, 2.05) is 11.8 Å². The van der Waals surface area contributed by atoms with Crippen molar-refractivity contribution in [3.63, 3.8) is 0 Å². The Labute approximate surface area is 105 Å². The fourth-order valence-corrected chi connectivity index (χ4v) is 2.05. The van der Waals surface area contributed by atoms with E-state index in [1.165, 1.54) is 25.0 Å². The van der Waals surface area contributed by atoms with E-state index in [1.54, 1.807) is 0 Å². The van der Waals surface area contributed by atoms with Crippen LogP contribution in [-0.4, -0.2) is 42.5 Å². The van der Waals surface area contributed by atoms with Crippen molar-refractivity contribution >= 4 is 17.7 Å². The standard InChI is InChI=1S/C12H27N3S/c1-4-15(5-2)12(13)14-10-8-6-7-9-11-16-3/h4-11H2,1-3H3,(H2,13,14). The molecule has 2 N–H and O–H groups in total. The second kappa shape index (κ2) is 11.1. The molecule has 0 atom stereocenters. The molecular weight excluding hydrogens is 218 g/mol. The first-order chi connectivity index (χ1) is 7.76. The van der Waals surface area contributed by atoms with Gasteiger partial charge in [-0.15, -0.1) is 0 Å². The van der Waals surface area contributed by atoms with Crippen LogP contribution < -0.4 is 5.73 Å². The summed E-state index contributed by atoms with van der Waals surface area (Å²) in [5.41, 5.74) is 5.87.